The van der Waals surface area contributed by atoms with Crippen molar-refractivity contribution >= 4 is 29.6 Å². The Bertz CT molecular complexity index is 1110. The molecule has 2 heterocycles. The molecule has 5 nitrogen and oxygen atoms in total. The lowest BCUT2D eigenvalue weighted by Crippen LogP contribution is -2.30. The highest BCUT2D eigenvalue weighted by molar-refractivity contribution is 6.30. The summed E-state index contributed by atoms with van der Waals surface area (Å²) in [6.07, 6.45) is 1.44. The molecule has 0 bridgehead atoms. The number of urea groups is 1. The molecule has 140 valence electrons. The Morgan fingerprint density at radius 2 is 1.89 bits per heavy atom. The first-order valence-electron chi connectivity index (χ1n) is 8.45. The molecule has 1 N–H and O–H groups in total. The van der Waals surface area contributed by atoms with Gasteiger partial charge in [-0.3, -0.25) is 9.69 Å². The number of imide groups is 1. The number of nitrogens with one attached hydrogen (secondary N) is 1. The first-order chi connectivity index (χ1) is 13.5. The smallest absolute Gasteiger partial charge is 0.329 e. The van der Waals surface area contributed by atoms with Crippen LogP contribution in [0.2, 0.25) is 5.02 Å². The van der Waals surface area contributed by atoms with Crippen LogP contribution in [0.4, 0.5) is 9.18 Å². The van der Waals surface area contributed by atoms with E-state index in [1.807, 2.05) is 6.07 Å². The van der Waals surface area contributed by atoms with Crippen molar-refractivity contribution in [2.24, 2.45) is 0 Å². The lowest BCUT2D eigenvalue weighted by molar-refractivity contribution is -0.123. The fourth-order valence-corrected chi connectivity index (χ4v) is 3.07. The fraction of sp³-hybridized carbons (Fsp3) is 0.0476. The number of furan rings is 1. The van der Waals surface area contributed by atoms with Gasteiger partial charge in [-0.2, -0.15) is 0 Å². The van der Waals surface area contributed by atoms with Crippen LogP contribution in [0.25, 0.3) is 17.4 Å². The molecule has 1 aromatic heterocycles. The lowest BCUT2D eigenvalue weighted by Gasteiger charge is -2.12. The molecule has 1 saturated heterocycles. The molecule has 1 aliphatic rings. The summed E-state index contributed by atoms with van der Waals surface area (Å²) in [5, 5.41) is 3.07. The normalized spacial score (nSPS) is 15.4. The van der Waals surface area contributed by atoms with E-state index >= 15 is 0 Å². The van der Waals surface area contributed by atoms with Gasteiger partial charge in [-0.1, -0.05) is 41.9 Å². The maximum atomic E-state index is 13.8. The Morgan fingerprint density at radius 1 is 1.07 bits per heavy atom. The van der Waals surface area contributed by atoms with Gasteiger partial charge in [-0.05, 0) is 30.3 Å². The summed E-state index contributed by atoms with van der Waals surface area (Å²) in [6.45, 7) is -0.152. The Labute approximate surface area is 165 Å². The van der Waals surface area contributed by atoms with Crippen LogP contribution in [0, 0.1) is 5.82 Å². The summed E-state index contributed by atoms with van der Waals surface area (Å²) in [4.78, 5) is 25.7. The van der Waals surface area contributed by atoms with E-state index in [0.717, 1.165) is 10.5 Å². The second kappa shape index (κ2) is 7.32. The maximum Gasteiger partial charge on any atom is 0.329 e. The molecule has 2 aromatic carbocycles. The standard InChI is InChI=1S/C21H14ClFN2O3/c22-15-6-3-5-13(10-15)19-9-8-16(28-19)11-18-20(26)25(21(27)24-18)12-14-4-1-2-7-17(14)23/h1-11H,12H2,(H,24,27)/b18-11-. The predicted molar refractivity (Wildman–Crippen MR) is 103 cm³/mol. The third-order valence-electron chi connectivity index (χ3n) is 4.27. The highest BCUT2D eigenvalue weighted by Crippen LogP contribution is 2.26. The molecular formula is C21H14ClFN2O3. The first-order valence-corrected chi connectivity index (χ1v) is 8.83. The minimum absolute atomic E-state index is 0.0633. The van der Waals surface area contributed by atoms with Gasteiger partial charge in [0.05, 0.1) is 6.54 Å². The van der Waals surface area contributed by atoms with Crippen LogP contribution >= 0.6 is 11.6 Å². The van der Waals surface area contributed by atoms with Crippen molar-refractivity contribution in [3.63, 3.8) is 0 Å². The van der Waals surface area contributed by atoms with Gasteiger partial charge >= 0.3 is 6.03 Å². The van der Waals surface area contributed by atoms with E-state index < -0.39 is 17.8 Å². The van der Waals surface area contributed by atoms with Gasteiger partial charge in [0.2, 0.25) is 0 Å². The number of amides is 3. The van der Waals surface area contributed by atoms with Crippen LogP contribution < -0.4 is 5.32 Å². The van der Waals surface area contributed by atoms with E-state index in [9.17, 15) is 14.0 Å². The number of carbonyl (C=O) groups excluding carboxylic acids is 2. The van der Waals surface area contributed by atoms with Gasteiger partial charge in [0.25, 0.3) is 5.91 Å². The molecule has 0 aliphatic carbocycles. The van der Waals surface area contributed by atoms with Crippen LogP contribution in [0.1, 0.15) is 11.3 Å². The van der Waals surface area contributed by atoms with E-state index in [4.69, 9.17) is 16.0 Å². The Morgan fingerprint density at radius 3 is 2.68 bits per heavy atom. The summed E-state index contributed by atoms with van der Waals surface area (Å²) in [6, 6.07) is 16.0. The van der Waals surface area contributed by atoms with Gasteiger partial charge in [0.1, 0.15) is 23.0 Å². The van der Waals surface area contributed by atoms with Crippen LogP contribution in [-0.4, -0.2) is 16.8 Å². The number of carbonyl (C=O) groups is 2. The van der Waals surface area contributed by atoms with Crippen molar-refractivity contribution in [1.82, 2.24) is 10.2 Å². The van der Waals surface area contributed by atoms with Crippen LogP contribution in [0.5, 0.6) is 0 Å². The van der Waals surface area contributed by atoms with Crippen molar-refractivity contribution in [2.75, 3.05) is 0 Å². The van der Waals surface area contributed by atoms with Crippen LogP contribution in [0.3, 0.4) is 0 Å². The summed E-state index contributed by atoms with van der Waals surface area (Å²) < 4.78 is 19.6. The molecule has 0 atom stereocenters. The highest BCUT2D eigenvalue weighted by Gasteiger charge is 2.34. The summed E-state index contributed by atoms with van der Waals surface area (Å²) in [7, 11) is 0. The molecule has 7 heteroatoms. The first kappa shape index (κ1) is 18.0. The monoisotopic (exact) mass is 396 g/mol. The van der Waals surface area contributed by atoms with E-state index in [-0.39, 0.29) is 17.8 Å². The minimum atomic E-state index is -0.610. The third-order valence-corrected chi connectivity index (χ3v) is 4.51. The number of halogens is 2. The maximum absolute atomic E-state index is 13.8. The van der Waals surface area contributed by atoms with Crippen molar-refractivity contribution in [2.45, 2.75) is 6.54 Å². The average Bonchev–Trinajstić information content (AvgIpc) is 3.24. The molecule has 1 aliphatic heterocycles. The second-order valence-corrected chi connectivity index (χ2v) is 6.62. The van der Waals surface area contributed by atoms with Crippen molar-refractivity contribution in [3.8, 4) is 11.3 Å². The summed E-state index contributed by atoms with van der Waals surface area (Å²) in [5.74, 6) is -0.0487. The fourth-order valence-electron chi connectivity index (χ4n) is 2.88. The third kappa shape index (κ3) is 3.54. The molecule has 4 rings (SSSR count). The van der Waals surface area contributed by atoms with E-state index in [0.29, 0.717) is 16.5 Å². The van der Waals surface area contributed by atoms with Crippen LogP contribution in [0.15, 0.2) is 70.8 Å². The number of hydrogen-bond acceptors (Lipinski definition) is 3. The zero-order valence-electron chi connectivity index (χ0n) is 14.5. The number of rotatable bonds is 4. The molecule has 3 aromatic rings. The quantitative estimate of drug-likeness (QED) is 0.507. The van der Waals surface area contributed by atoms with Gasteiger partial charge < -0.3 is 9.73 Å². The van der Waals surface area contributed by atoms with E-state index in [1.54, 1.807) is 42.5 Å². The molecule has 1 fully saturated rings. The van der Waals surface area contributed by atoms with Crippen molar-refractivity contribution in [1.29, 1.82) is 0 Å². The number of nitrogens with zero attached hydrogens (tertiary/aromatic N) is 1. The highest BCUT2D eigenvalue weighted by atomic mass is 35.5. The molecule has 0 saturated carbocycles. The molecule has 0 spiro atoms. The lowest BCUT2D eigenvalue weighted by atomic mass is 10.2. The molecule has 0 radical (unpaired) electrons. The van der Waals surface area contributed by atoms with Gasteiger partial charge in [0.15, 0.2) is 0 Å². The second-order valence-electron chi connectivity index (χ2n) is 6.18. The Kier molecular flexibility index (Phi) is 4.71. The van der Waals surface area contributed by atoms with E-state index in [1.165, 1.54) is 18.2 Å². The molecule has 3 amide bonds. The number of benzene rings is 2. The number of hydrogen-bond donors (Lipinski definition) is 1. The largest absolute Gasteiger partial charge is 0.457 e. The molecule has 28 heavy (non-hydrogen) atoms. The molecular weight excluding hydrogens is 383 g/mol. The molecule has 0 unspecified atom stereocenters. The Balaban J connectivity index is 1.55. The van der Waals surface area contributed by atoms with Gasteiger partial charge in [-0.25, -0.2) is 9.18 Å². The zero-order chi connectivity index (χ0) is 19.7. The zero-order valence-corrected chi connectivity index (χ0v) is 15.2. The van der Waals surface area contributed by atoms with Crippen molar-refractivity contribution in [3.05, 3.63) is 88.5 Å². The van der Waals surface area contributed by atoms with Crippen molar-refractivity contribution < 1.29 is 18.4 Å². The van der Waals surface area contributed by atoms with E-state index in [2.05, 4.69) is 5.32 Å². The van der Waals surface area contributed by atoms with Gasteiger partial charge in [-0.15, -0.1) is 0 Å². The topological polar surface area (TPSA) is 62.6 Å². The summed E-state index contributed by atoms with van der Waals surface area (Å²) in [5.41, 5.74) is 1.11. The predicted octanol–water partition coefficient (Wildman–Crippen LogP) is 4.83. The Hall–Kier alpha value is -3.38. The summed E-state index contributed by atoms with van der Waals surface area (Å²) >= 11 is 5.99. The SMILES string of the molecule is O=C1N/C(=C\c2ccc(-c3cccc(Cl)c3)o2)C(=O)N1Cc1ccccc1F. The van der Waals surface area contributed by atoms with Gasteiger partial charge in [0, 0.05) is 22.2 Å². The minimum Gasteiger partial charge on any atom is -0.457 e. The van der Waals surface area contributed by atoms with Crippen LogP contribution in [-0.2, 0) is 11.3 Å². The average molecular weight is 397 g/mol.